The minimum atomic E-state index is -0.490. The smallest absolute Gasteiger partial charge is 0.282 e. The molecule has 1 heterocycles. The predicted octanol–water partition coefficient (Wildman–Crippen LogP) is 2.53. The lowest BCUT2D eigenvalue weighted by Gasteiger charge is -2.19. The number of quaternary nitrogens is 1. The van der Waals surface area contributed by atoms with Crippen LogP contribution in [0, 0.1) is 0 Å². The molecule has 0 spiro atoms. The van der Waals surface area contributed by atoms with E-state index in [4.69, 9.17) is 5.73 Å². The molecule has 0 saturated carbocycles. The van der Waals surface area contributed by atoms with Gasteiger partial charge in [0.2, 0.25) is 5.91 Å². The van der Waals surface area contributed by atoms with E-state index in [1.54, 1.807) is 35.6 Å². The third kappa shape index (κ3) is 4.81. The van der Waals surface area contributed by atoms with Gasteiger partial charge in [0.05, 0.1) is 4.88 Å². The van der Waals surface area contributed by atoms with E-state index < -0.39 is 5.91 Å². The molecule has 2 atom stereocenters. The van der Waals surface area contributed by atoms with Crippen LogP contribution < -0.4 is 16.4 Å². The van der Waals surface area contributed by atoms with E-state index in [0.29, 0.717) is 11.3 Å². The van der Waals surface area contributed by atoms with Gasteiger partial charge >= 0.3 is 0 Å². The zero-order valence-corrected chi connectivity index (χ0v) is 15.8. The predicted molar refractivity (Wildman–Crippen MR) is 108 cm³/mol. The number of nitrogens with two attached hydrogens (primary N) is 2. The number of rotatable bonds is 7. The van der Waals surface area contributed by atoms with Crippen LogP contribution in [0.1, 0.15) is 33.8 Å². The van der Waals surface area contributed by atoms with Crippen molar-refractivity contribution in [1.82, 2.24) is 0 Å². The molecule has 27 heavy (non-hydrogen) atoms. The molecule has 6 heteroatoms. The van der Waals surface area contributed by atoms with Crippen molar-refractivity contribution in [3.63, 3.8) is 0 Å². The van der Waals surface area contributed by atoms with Crippen LogP contribution in [0.4, 0.5) is 5.69 Å². The lowest BCUT2D eigenvalue weighted by molar-refractivity contribution is -0.703. The van der Waals surface area contributed by atoms with Gasteiger partial charge in [0.15, 0.2) is 6.04 Å². The first-order chi connectivity index (χ1) is 13.0. The number of anilines is 1. The Bertz CT molecular complexity index is 893. The molecule has 0 aliphatic carbocycles. The van der Waals surface area contributed by atoms with Gasteiger partial charge in [0.25, 0.3) is 5.91 Å². The highest BCUT2D eigenvalue weighted by Crippen LogP contribution is 2.22. The zero-order chi connectivity index (χ0) is 19.2. The fourth-order valence-electron chi connectivity index (χ4n) is 2.85. The number of nitrogens with one attached hydrogen (secondary N) is 1. The largest absolute Gasteiger partial charge is 0.366 e. The molecule has 0 aliphatic heterocycles. The molecule has 138 valence electrons. The summed E-state index contributed by atoms with van der Waals surface area (Å²) in [6.07, 6.45) is 0. The van der Waals surface area contributed by atoms with Gasteiger partial charge in [0, 0.05) is 16.8 Å². The standard InChI is InChI=1S/C21H21N3O2S/c1-14(21(26)24-17-11-9-16(10-12-17)20(22)25)23-19(18-8-5-13-27-18)15-6-3-2-4-7-15/h2-14,19,23H,1H3,(H2,22,25)(H,24,26)/p+1/t14-,19+/m0/s1. The number of benzene rings is 2. The zero-order valence-electron chi connectivity index (χ0n) is 15.0. The summed E-state index contributed by atoms with van der Waals surface area (Å²) in [4.78, 5) is 25.0. The Kier molecular flexibility index (Phi) is 6.01. The molecule has 3 rings (SSSR count). The highest BCUT2D eigenvalue weighted by atomic mass is 32.1. The van der Waals surface area contributed by atoms with Crippen molar-refractivity contribution in [3.8, 4) is 0 Å². The second kappa shape index (κ2) is 8.62. The fraction of sp³-hybridized carbons (Fsp3) is 0.143. The molecule has 0 saturated heterocycles. The average Bonchev–Trinajstić information content (AvgIpc) is 3.21. The Morgan fingerprint density at radius 1 is 1.00 bits per heavy atom. The molecule has 1 aromatic heterocycles. The summed E-state index contributed by atoms with van der Waals surface area (Å²) in [5.41, 5.74) is 7.45. The maximum absolute atomic E-state index is 12.6. The number of carbonyl (C=O) groups is 2. The van der Waals surface area contributed by atoms with E-state index in [9.17, 15) is 9.59 Å². The minimum absolute atomic E-state index is 0.0594. The summed E-state index contributed by atoms with van der Waals surface area (Å²) in [5.74, 6) is -0.587. The Balaban J connectivity index is 1.70. The second-order valence-corrected chi connectivity index (χ2v) is 7.30. The second-order valence-electron chi connectivity index (χ2n) is 6.32. The molecule has 0 unspecified atom stereocenters. The molecule has 0 bridgehead atoms. The third-order valence-corrected chi connectivity index (χ3v) is 5.30. The van der Waals surface area contributed by atoms with E-state index in [-0.39, 0.29) is 18.0 Å². The van der Waals surface area contributed by atoms with Crippen LogP contribution in [-0.2, 0) is 4.79 Å². The lowest BCUT2D eigenvalue weighted by Crippen LogP contribution is -2.92. The van der Waals surface area contributed by atoms with Crippen molar-refractivity contribution in [2.24, 2.45) is 5.73 Å². The van der Waals surface area contributed by atoms with Crippen molar-refractivity contribution in [3.05, 3.63) is 88.1 Å². The van der Waals surface area contributed by atoms with Crippen LogP contribution in [0.15, 0.2) is 72.1 Å². The first-order valence-electron chi connectivity index (χ1n) is 8.68. The van der Waals surface area contributed by atoms with E-state index in [0.717, 1.165) is 5.56 Å². The van der Waals surface area contributed by atoms with Crippen LogP contribution in [0.25, 0.3) is 0 Å². The summed E-state index contributed by atoms with van der Waals surface area (Å²) < 4.78 is 0. The number of hydrogen-bond donors (Lipinski definition) is 3. The van der Waals surface area contributed by atoms with Gasteiger partial charge in [-0.3, -0.25) is 9.59 Å². The van der Waals surface area contributed by atoms with E-state index >= 15 is 0 Å². The number of primary amides is 1. The van der Waals surface area contributed by atoms with Crippen molar-refractivity contribution in [1.29, 1.82) is 0 Å². The summed E-state index contributed by atoms with van der Waals surface area (Å²) in [5, 5.41) is 7.00. The normalized spacial score (nSPS) is 12.9. The Morgan fingerprint density at radius 2 is 1.70 bits per heavy atom. The van der Waals surface area contributed by atoms with Gasteiger partial charge in [-0.05, 0) is 42.6 Å². The molecule has 2 aromatic carbocycles. The average molecular weight is 380 g/mol. The number of hydrogen-bond acceptors (Lipinski definition) is 3. The Morgan fingerprint density at radius 3 is 2.30 bits per heavy atom. The fourth-order valence-corrected chi connectivity index (χ4v) is 3.68. The van der Waals surface area contributed by atoms with Crippen molar-refractivity contribution in [2.75, 3.05) is 5.32 Å². The maximum Gasteiger partial charge on any atom is 0.282 e. The molecule has 0 aliphatic rings. The highest BCUT2D eigenvalue weighted by molar-refractivity contribution is 7.10. The first-order valence-corrected chi connectivity index (χ1v) is 9.56. The van der Waals surface area contributed by atoms with Crippen LogP contribution in [-0.4, -0.2) is 17.9 Å². The van der Waals surface area contributed by atoms with E-state index in [2.05, 4.69) is 28.8 Å². The SMILES string of the molecule is C[C@H]([NH2+][C@H](c1ccccc1)c1cccs1)C(=O)Nc1ccc(C(N)=O)cc1. The summed E-state index contributed by atoms with van der Waals surface area (Å²) in [6.45, 7) is 1.89. The first kappa shape index (κ1) is 18.8. The molecule has 0 radical (unpaired) electrons. The van der Waals surface area contributed by atoms with Gasteiger partial charge < -0.3 is 16.4 Å². The van der Waals surface area contributed by atoms with Gasteiger partial charge in [-0.15, -0.1) is 11.3 Å². The number of amides is 2. The van der Waals surface area contributed by atoms with Gasteiger partial charge in [0.1, 0.15) is 6.04 Å². The molecule has 2 amide bonds. The number of carbonyl (C=O) groups excluding carboxylic acids is 2. The Labute approximate surface area is 162 Å². The van der Waals surface area contributed by atoms with Crippen molar-refractivity contribution >= 4 is 28.8 Å². The van der Waals surface area contributed by atoms with Gasteiger partial charge in [-0.25, -0.2) is 0 Å². The molecule has 3 aromatic rings. The topological polar surface area (TPSA) is 88.8 Å². The number of thiophene rings is 1. The summed E-state index contributed by atoms with van der Waals surface area (Å²) in [7, 11) is 0. The third-order valence-electron chi connectivity index (χ3n) is 4.34. The summed E-state index contributed by atoms with van der Waals surface area (Å²) >= 11 is 1.68. The maximum atomic E-state index is 12.6. The monoisotopic (exact) mass is 380 g/mol. The summed E-state index contributed by atoms with van der Waals surface area (Å²) in [6, 6.07) is 20.6. The van der Waals surface area contributed by atoms with Crippen LogP contribution >= 0.6 is 11.3 Å². The molecule has 5 nitrogen and oxygen atoms in total. The van der Waals surface area contributed by atoms with Crippen molar-refractivity contribution < 1.29 is 14.9 Å². The molecule has 0 fully saturated rings. The van der Waals surface area contributed by atoms with Crippen LogP contribution in [0.3, 0.4) is 0 Å². The minimum Gasteiger partial charge on any atom is -0.366 e. The van der Waals surface area contributed by atoms with Gasteiger partial charge in [-0.2, -0.15) is 0 Å². The van der Waals surface area contributed by atoms with Crippen LogP contribution in [0.2, 0.25) is 0 Å². The van der Waals surface area contributed by atoms with Gasteiger partial charge in [-0.1, -0.05) is 36.4 Å². The molecular weight excluding hydrogens is 358 g/mol. The molecular formula is C21H22N3O2S+. The Hall–Kier alpha value is -2.96. The quantitative estimate of drug-likeness (QED) is 0.588. The van der Waals surface area contributed by atoms with E-state index in [1.807, 2.05) is 36.6 Å². The highest BCUT2D eigenvalue weighted by Gasteiger charge is 2.25. The van der Waals surface area contributed by atoms with Crippen molar-refractivity contribution in [2.45, 2.75) is 19.0 Å². The lowest BCUT2D eigenvalue weighted by atomic mass is 10.0. The van der Waals surface area contributed by atoms with E-state index in [1.165, 1.54) is 4.88 Å². The molecule has 5 N–H and O–H groups in total. The van der Waals surface area contributed by atoms with Crippen LogP contribution in [0.5, 0.6) is 0 Å².